The van der Waals surface area contributed by atoms with Crippen molar-refractivity contribution in [2.45, 2.75) is 315 Å². The third kappa shape index (κ3) is 41.5. The van der Waals surface area contributed by atoms with Crippen LogP contribution >= 0.6 is 0 Å². The van der Waals surface area contributed by atoms with E-state index >= 15 is 0 Å². The minimum Gasteiger partial charge on any atom is -0.462 e. The highest BCUT2D eigenvalue weighted by Gasteiger charge is 2.39. The molecular weight excluding hydrogens is 793 g/mol. The molecule has 0 saturated heterocycles. The first-order valence-corrected chi connectivity index (χ1v) is 27.3. The molecule has 9 nitrogen and oxygen atoms in total. The topological polar surface area (TPSA) is 140 Å². The molecule has 0 fully saturated rings. The molecule has 0 spiro atoms. The summed E-state index contributed by atoms with van der Waals surface area (Å²) in [5.41, 5.74) is 0. The number of ether oxygens (including phenoxy) is 3. The Kier molecular flexibility index (Phi) is 46.9. The number of aliphatic hydroxyl groups is 3. The molecule has 3 N–H and O–H groups in total. The maximum Gasteiger partial charge on any atom is 0.306 e. The standard InChI is InChI=1S/C54H104O9/c1-4-7-10-13-16-19-22-25-28-31-34-37-40-43-50(57)61-47-49(62-51(58)44-41-38-35-32-29-26-23-20-17-14-11-8-5-2)54(53(60)48(56)46-55)63-52(59)45-42-39-36-33-30-27-24-21-18-15-12-9-6-3/h48-49,53-56,60H,4-47H2,1-3H3/t48-,49+,53-,54-/m1/s1. The Balaban J connectivity index is 5.01. The van der Waals surface area contributed by atoms with E-state index in [2.05, 4.69) is 20.8 Å². The summed E-state index contributed by atoms with van der Waals surface area (Å²) in [6.07, 6.45) is 40.4. The number of aliphatic hydroxyl groups excluding tert-OH is 3. The molecule has 0 heterocycles. The van der Waals surface area contributed by atoms with E-state index in [1.807, 2.05) is 0 Å². The van der Waals surface area contributed by atoms with Gasteiger partial charge in [0.15, 0.2) is 12.2 Å². The summed E-state index contributed by atoms with van der Waals surface area (Å²) in [5.74, 6) is -1.59. The highest BCUT2D eigenvalue weighted by Crippen LogP contribution is 2.20. The van der Waals surface area contributed by atoms with Crippen molar-refractivity contribution in [1.82, 2.24) is 0 Å². The molecule has 0 aliphatic heterocycles. The smallest absolute Gasteiger partial charge is 0.306 e. The Labute approximate surface area is 388 Å². The molecular formula is C54H104O9. The van der Waals surface area contributed by atoms with Gasteiger partial charge in [0.25, 0.3) is 0 Å². The van der Waals surface area contributed by atoms with Crippen LogP contribution in [0.4, 0.5) is 0 Å². The number of carbonyl (C=O) groups excluding carboxylic acids is 3. The van der Waals surface area contributed by atoms with Crippen molar-refractivity contribution in [2.75, 3.05) is 13.2 Å². The molecule has 9 heteroatoms. The number of unbranched alkanes of at least 4 members (excludes halogenated alkanes) is 36. The van der Waals surface area contributed by atoms with Crippen molar-refractivity contribution in [3.63, 3.8) is 0 Å². The molecule has 0 radical (unpaired) electrons. The maximum atomic E-state index is 13.2. The van der Waals surface area contributed by atoms with Crippen molar-refractivity contribution >= 4 is 17.9 Å². The third-order valence-electron chi connectivity index (χ3n) is 12.7. The first-order valence-electron chi connectivity index (χ1n) is 27.3. The zero-order valence-electron chi connectivity index (χ0n) is 41.7. The molecule has 0 aromatic heterocycles. The quantitative estimate of drug-likeness (QED) is 0.0309. The van der Waals surface area contributed by atoms with Crippen LogP contribution in [0.1, 0.15) is 290 Å². The van der Waals surface area contributed by atoms with E-state index in [1.54, 1.807) is 0 Å². The monoisotopic (exact) mass is 897 g/mol. The van der Waals surface area contributed by atoms with Crippen molar-refractivity contribution in [2.24, 2.45) is 0 Å². The van der Waals surface area contributed by atoms with E-state index in [0.717, 1.165) is 57.8 Å². The Morgan fingerprint density at radius 2 is 0.619 bits per heavy atom. The van der Waals surface area contributed by atoms with Crippen molar-refractivity contribution in [1.29, 1.82) is 0 Å². The summed E-state index contributed by atoms with van der Waals surface area (Å²) in [7, 11) is 0. The third-order valence-corrected chi connectivity index (χ3v) is 12.7. The zero-order valence-corrected chi connectivity index (χ0v) is 41.7. The van der Waals surface area contributed by atoms with Gasteiger partial charge < -0.3 is 29.5 Å². The summed E-state index contributed by atoms with van der Waals surface area (Å²) in [6.45, 7) is 5.53. The largest absolute Gasteiger partial charge is 0.462 e. The van der Waals surface area contributed by atoms with Gasteiger partial charge in [-0.25, -0.2) is 0 Å². The summed E-state index contributed by atoms with van der Waals surface area (Å²) in [4.78, 5) is 39.2. The molecule has 4 atom stereocenters. The van der Waals surface area contributed by atoms with Gasteiger partial charge in [-0.05, 0) is 19.3 Å². The molecule has 0 aromatic rings. The van der Waals surface area contributed by atoms with Crippen LogP contribution in [0.15, 0.2) is 0 Å². The van der Waals surface area contributed by atoms with Crippen LogP contribution < -0.4 is 0 Å². The van der Waals surface area contributed by atoms with Gasteiger partial charge in [0.1, 0.15) is 18.8 Å². The van der Waals surface area contributed by atoms with E-state index in [0.29, 0.717) is 19.3 Å². The van der Waals surface area contributed by atoms with E-state index in [9.17, 15) is 29.7 Å². The molecule has 0 saturated carbocycles. The van der Waals surface area contributed by atoms with Gasteiger partial charge in [0.05, 0.1) is 6.61 Å². The van der Waals surface area contributed by atoms with Gasteiger partial charge in [-0.3, -0.25) is 14.4 Å². The first kappa shape index (κ1) is 61.3. The van der Waals surface area contributed by atoms with Crippen LogP contribution in [0, 0.1) is 0 Å². The lowest BCUT2D eigenvalue weighted by molar-refractivity contribution is -0.193. The van der Waals surface area contributed by atoms with Crippen LogP contribution in [0.5, 0.6) is 0 Å². The minimum absolute atomic E-state index is 0.106. The second kappa shape index (κ2) is 48.2. The van der Waals surface area contributed by atoms with Crippen LogP contribution in [0.25, 0.3) is 0 Å². The Morgan fingerprint density at radius 1 is 0.365 bits per heavy atom. The lowest BCUT2D eigenvalue weighted by Gasteiger charge is -2.31. The van der Waals surface area contributed by atoms with Crippen molar-refractivity contribution in [3.05, 3.63) is 0 Å². The molecule has 0 amide bonds. The number of hydrogen-bond donors (Lipinski definition) is 3. The average molecular weight is 897 g/mol. The SMILES string of the molecule is CCCCCCCCCCCCCCCC(=O)OC[C@H](OC(=O)CCCCCCCCCCCCCCC)[C@@H](OC(=O)CCCCCCCCCCCCCCC)[C@H](O)[C@H](O)CO. The van der Waals surface area contributed by atoms with E-state index in [1.165, 1.54) is 173 Å². The minimum atomic E-state index is -1.75. The molecule has 0 aromatic carbocycles. The Morgan fingerprint density at radius 3 is 0.905 bits per heavy atom. The lowest BCUT2D eigenvalue weighted by Crippen LogP contribution is -2.51. The van der Waals surface area contributed by atoms with E-state index in [4.69, 9.17) is 14.2 Å². The fourth-order valence-electron chi connectivity index (χ4n) is 8.44. The van der Waals surface area contributed by atoms with Crippen LogP contribution in [-0.4, -0.2) is 70.9 Å². The average Bonchev–Trinajstić information content (AvgIpc) is 3.28. The molecule has 0 aliphatic carbocycles. The first-order chi connectivity index (χ1) is 30.8. The molecule has 0 rings (SSSR count). The highest BCUT2D eigenvalue weighted by molar-refractivity contribution is 5.71. The normalized spacial score (nSPS) is 13.4. The lowest BCUT2D eigenvalue weighted by atomic mass is 10.0. The van der Waals surface area contributed by atoms with Crippen LogP contribution in [-0.2, 0) is 28.6 Å². The predicted molar refractivity (Wildman–Crippen MR) is 261 cm³/mol. The summed E-state index contributed by atoms with van der Waals surface area (Å²) in [6, 6.07) is 0. The molecule has 63 heavy (non-hydrogen) atoms. The summed E-state index contributed by atoms with van der Waals surface area (Å²) < 4.78 is 17.1. The second-order valence-corrected chi connectivity index (χ2v) is 18.9. The molecule has 0 bridgehead atoms. The summed E-state index contributed by atoms with van der Waals surface area (Å²) in [5, 5.41) is 31.2. The van der Waals surface area contributed by atoms with Gasteiger partial charge in [0.2, 0.25) is 0 Å². The Bertz CT molecular complexity index is 990. The van der Waals surface area contributed by atoms with Crippen molar-refractivity contribution < 1.29 is 43.9 Å². The number of rotatable bonds is 50. The Hall–Kier alpha value is -1.71. The van der Waals surface area contributed by atoms with Crippen LogP contribution in [0.3, 0.4) is 0 Å². The van der Waals surface area contributed by atoms with Crippen molar-refractivity contribution in [3.8, 4) is 0 Å². The highest BCUT2D eigenvalue weighted by atomic mass is 16.6. The summed E-state index contributed by atoms with van der Waals surface area (Å²) >= 11 is 0. The van der Waals surface area contributed by atoms with Gasteiger partial charge >= 0.3 is 17.9 Å². The van der Waals surface area contributed by atoms with Gasteiger partial charge in [-0.2, -0.15) is 0 Å². The van der Waals surface area contributed by atoms with Gasteiger partial charge in [0, 0.05) is 19.3 Å². The van der Waals surface area contributed by atoms with E-state index < -0.39 is 55.5 Å². The molecule has 374 valence electrons. The molecule has 0 unspecified atom stereocenters. The number of hydrogen-bond acceptors (Lipinski definition) is 9. The van der Waals surface area contributed by atoms with Gasteiger partial charge in [-0.1, -0.05) is 252 Å². The zero-order chi connectivity index (χ0) is 46.3. The predicted octanol–water partition coefficient (Wildman–Crippen LogP) is 14.5. The van der Waals surface area contributed by atoms with Gasteiger partial charge in [-0.15, -0.1) is 0 Å². The number of esters is 3. The molecule has 0 aliphatic rings. The second-order valence-electron chi connectivity index (χ2n) is 18.9. The fourth-order valence-corrected chi connectivity index (χ4v) is 8.44. The maximum absolute atomic E-state index is 13.2. The fraction of sp³-hybridized carbons (Fsp3) is 0.944. The van der Waals surface area contributed by atoms with Crippen LogP contribution in [0.2, 0.25) is 0 Å². The number of carbonyl (C=O) groups is 3. The van der Waals surface area contributed by atoms with E-state index in [-0.39, 0.29) is 19.3 Å².